The highest BCUT2D eigenvalue weighted by molar-refractivity contribution is 7.98. The number of halogens is 3. The van der Waals surface area contributed by atoms with Crippen molar-refractivity contribution in [3.8, 4) is 0 Å². The van der Waals surface area contributed by atoms with Gasteiger partial charge in [-0.2, -0.15) is 24.9 Å². The van der Waals surface area contributed by atoms with Crippen molar-refractivity contribution in [2.45, 2.75) is 11.9 Å². The summed E-state index contributed by atoms with van der Waals surface area (Å²) in [6.07, 6.45) is -4.37. The van der Waals surface area contributed by atoms with Crippen LogP contribution in [0.25, 0.3) is 0 Å². The van der Waals surface area contributed by atoms with Crippen molar-refractivity contribution in [2.24, 2.45) is 5.41 Å². The van der Waals surface area contributed by atoms with Gasteiger partial charge in [0.05, 0.1) is 19.8 Å². The topological polar surface area (TPSA) is 42.4 Å². The molecule has 102 valence electrons. The quantitative estimate of drug-likeness (QED) is 0.906. The van der Waals surface area contributed by atoms with Gasteiger partial charge >= 0.3 is 6.18 Å². The summed E-state index contributed by atoms with van der Waals surface area (Å²) in [6.45, 7) is 1.08. The van der Waals surface area contributed by atoms with Crippen LogP contribution in [0.3, 0.4) is 0 Å². The van der Waals surface area contributed by atoms with Crippen LogP contribution in [0.4, 0.5) is 13.2 Å². The third-order valence-corrected chi connectivity index (χ3v) is 4.95. The van der Waals surface area contributed by atoms with Gasteiger partial charge in [-0.15, -0.1) is 11.3 Å². The zero-order valence-electron chi connectivity index (χ0n) is 9.37. The van der Waals surface area contributed by atoms with Crippen LogP contribution >= 0.6 is 23.1 Å². The molecule has 0 spiro atoms. The van der Waals surface area contributed by atoms with Crippen molar-refractivity contribution in [3.63, 3.8) is 0 Å². The third kappa shape index (κ3) is 3.17. The third-order valence-electron chi connectivity index (χ3n) is 2.63. The number of hydrogen-bond donors (Lipinski definition) is 1. The number of ether oxygens (including phenoxy) is 1. The minimum absolute atomic E-state index is 0.0473. The molecule has 2 rings (SSSR count). The highest BCUT2D eigenvalue weighted by Gasteiger charge is 2.38. The van der Waals surface area contributed by atoms with E-state index >= 15 is 0 Å². The van der Waals surface area contributed by atoms with E-state index in [1.54, 1.807) is 0 Å². The van der Waals surface area contributed by atoms with E-state index in [1.165, 1.54) is 11.8 Å². The Labute approximate surface area is 110 Å². The lowest BCUT2D eigenvalue weighted by atomic mass is 9.90. The average molecular weight is 299 g/mol. The Balaban J connectivity index is 1.82. The predicted molar refractivity (Wildman–Crippen MR) is 63.6 cm³/mol. The van der Waals surface area contributed by atoms with Gasteiger partial charge in [0.1, 0.15) is 5.01 Å². The molecule has 0 aromatic carbocycles. The van der Waals surface area contributed by atoms with Gasteiger partial charge in [-0.05, 0) is 0 Å². The number of thioether (sulfide) groups is 1. The lowest BCUT2D eigenvalue weighted by Gasteiger charge is -2.39. The van der Waals surface area contributed by atoms with Crippen molar-refractivity contribution < 1.29 is 23.0 Å². The van der Waals surface area contributed by atoms with Crippen LogP contribution in [0, 0.1) is 5.41 Å². The molecule has 1 N–H and O–H groups in total. The fraction of sp³-hybridized carbons (Fsp3) is 0.700. The smallest absolute Gasteiger partial charge is 0.396 e. The van der Waals surface area contributed by atoms with Crippen LogP contribution in [0.2, 0.25) is 0 Å². The van der Waals surface area contributed by atoms with Gasteiger partial charge in [-0.25, -0.2) is 4.98 Å². The number of rotatable bonds is 5. The summed E-state index contributed by atoms with van der Waals surface area (Å²) in [5.74, 6) is 1.10. The SMILES string of the molecule is OCC1(CSCc2nc(C(F)(F)F)cs2)COC1. The number of nitrogens with zero attached hydrogens (tertiary/aromatic N) is 1. The normalized spacial score (nSPS) is 18.7. The highest BCUT2D eigenvalue weighted by Crippen LogP contribution is 2.34. The molecule has 0 atom stereocenters. The minimum Gasteiger partial charge on any atom is -0.396 e. The van der Waals surface area contributed by atoms with E-state index in [2.05, 4.69) is 4.98 Å². The Kier molecular flexibility index (Phi) is 4.20. The fourth-order valence-corrected chi connectivity index (χ4v) is 3.61. The molecule has 0 bridgehead atoms. The molecule has 1 aliphatic heterocycles. The zero-order valence-corrected chi connectivity index (χ0v) is 11.0. The number of alkyl halides is 3. The Morgan fingerprint density at radius 1 is 1.50 bits per heavy atom. The first-order valence-corrected chi connectivity index (χ1v) is 7.27. The van der Waals surface area contributed by atoms with Gasteiger partial charge in [-0.3, -0.25) is 0 Å². The number of aliphatic hydroxyl groups is 1. The monoisotopic (exact) mass is 299 g/mol. The fourth-order valence-electron chi connectivity index (χ4n) is 1.47. The molecule has 0 radical (unpaired) electrons. The Morgan fingerprint density at radius 2 is 2.22 bits per heavy atom. The van der Waals surface area contributed by atoms with E-state index < -0.39 is 11.9 Å². The van der Waals surface area contributed by atoms with Gasteiger partial charge in [0.25, 0.3) is 0 Å². The van der Waals surface area contributed by atoms with Crippen LogP contribution < -0.4 is 0 Å². The second-order valence-corrected chi connectivity index (χ2v) is 6.20. The molecule has 1 saturated heterocycles. The summed E-state index contributed by atoms with van der Waals surface area (Å²) in [6, 6.07) is 0. The summed E-state index contributed by atoms with van der Waals surface area (Å²) in [7, 11) is 0. The van der Waals surface area contributed by atoms with Gasteiger partial charge in [0.15, 0.2) is 5.69 Å². The summed E-state index contributed by atoms with van der Waals surface area (Å²) in [5.41, 5.74) is -1.04. The molecule has 1 aromatic heterocycles. The standard InChI is InChI=1S/C10H12F3NO2S2/c11-10(12,13)7-1-18-8(14-7)2-17-6-9(3-15)4-16-5-9/h1,15H,2-6H2. The second-order valence-electron chi connectivity index (χ2n) is 4.27. The van der Waals surface area contributed by atoms with E-state index in [0.29, 0.717) is 29.7 Å². The van der Waals surface area contributed by atoms with E-state index in [1.807, 2.05) is 0 Å². The molecule has 8 heteroatoms. The van der Waals surface area contributed by atoms with Crippen molar-refractivity contribution >= 4 is 23.1 Å². The molecule has 1 aromatic rings. The summed E-state index contributed by atoms with van der Waals surface area (Å²) >= 11 is 2.49. The molecule has 18 heavy (non-hydrogen) atoms. The van der Waals surface area contributed by atoms with E-state index in [-0.39, 0.29) is 12.0 Å². The number of hydrogen-bond acceptors (Lipinski definition) is 5. The number of thiazole rings is 1. The molecule has 1 aliphatic rings. The zero-order chi connectivity index (χ0) is 13.2. The first kappa shape index (κ1) is 14.1. The second kappa shape index (κ2) is 5.36. The number of aromatic nitrogens is 1. The van der Waals surface area contributed by atoms with Crippen LogP contribution in [-0.2, 0) is 16.7 Å². The lowest BCUT2D eigenvalue weighted by molar-refractivity contribution is -0.140. The predicted octanol–water partition coefficient (Wildman–Crippen LogP) is 2.40. The molecule has 0 aliphatic carbocycles. The van der Waals surface area contributed by atoms with E-state index in [4.69, 9.17) is 4.74 Å². The first-order chi connectivity index (χ1) is 8.45. The summed E-state index contributed by atoms with van der Waals surface area (Å²) in [4.78, 5) is 3.55. The average Bonchev–Trinajstić information content (AvgIpc) is 2.70. The molecule has 1 fully saturated rings. The Hall–Kier alpha value is -0.310. The van der Waals surface area contributed by atoms with Crippen molar-refractivity contribution in [1.82, 2.24) is 4.98 Å². The van der Waals surface area contributed by atoms with Crippen molar-refractivity contribution in [1.29, 1.82) is 0 Å². The molecule has 0 saturated carbocycles. The highest BCUT2D eigenvalue weighted by atomic mass is 32.2. The minimum atomic E-state index is -4.37. The maximum atomic E-state index is 12.3. The maximum Gasteiger partial charge on any atom is 0.434 e. The van der Waals surface area contributed by atoms with Gasteiger partial charge in [0.2, 0.25) is 0 Å². The van der Waals surface area contributed by atoms with Crippen LogP contribution in [0.15, 0.2) is 5.38 Å². The Morgan fingerprint density at radius 3 is 2.67 bits per heavy atom. The number of aliphatic hydroxyl groups excluding tert-OH is 1. The van der Waals surface area contributed by atoms with E-state index in [0.717, 1.165) is 16.7 Å². The van der Waals surface area contributed by atoms with E-state index in [9.17, 15) is 18.3 Å². The summed E-state index contributed by atoms with van der Waals surface area (Å²) in [5, 5.41) is 10.7. The van der Waals surface area contributed by atoms with Gasteiger partial charge < -0.3 is 9.84 Å². The van der Waals surface area contributed by atoms with Crippen molar-refractivity contribution in [3.05, 3.63) is 16.1 Å². The van der Waals surface area contributed by atoms with Crippen LogP contribution in [0.5, 0.6) is 0 Å². The molecule has 3 nitrogen and oxygen atoms in total. The first-order valence-electron chi connectivity index (χ1n) is 5.23. The van der Waals surface area contributed by atoms with Crippen LogP contribution in [-0.4, -0.2) is 35.7 Å². The summed E-state index contributed by atoms with van der Waals surface area (Å²) < 4.78 is 42.0. The Bertz CT molecular complexity index is 399. The van der Waals surface area contributed by atoms with Gasteiger partial charge in [-0.1, -0.05) is 0 Å². The largest absolute Gasteiger partial charge is 0.434 e. The maximum absolute atomic E-state index is 12.3. The molecule has 0 unspecified atom stereocenters. The molecular weight excluding hydrogens is 287 g/mol. The van der Waals surface area contributed by atoms with Crippen molar-refractivity contribution in [2.75, 3.05) is 25.6 Å². The van der Waals surface area contributed by atoms with Gasteiger partial charge in [0, 0.05) is 22.3 Å². The molecule has 2 heterocycles. The lowest BCUT2D eigenvalue weighted by Crippen LogP contribution is -2.47. The molecule has 0 amide bonds. The van der Waals surface area contributed by atoms with Crippen LogP contribution in [0.1, 0.15) is 10.7 Å². The molecular formula is C10H12F3NO2S2.